The first-order valence-corrected chi connectivity index (χ1v) is 12.0. The number of ether oxygens (including phenoxy) is 1. The zero-order valence-corrected chi connectivity index (χ0v) is 20.0. The van der Waals surface area contributed by atoms with E-state index in [1.165, 1.54) is 11.8 Å². The maximum atomic E-state index is 11.7. The summed E-state index contributed by atoms with van der Waals surface area (Å²) in [5.74, 6) is 1.69. The normalized spacial score (nSPS) is 15.8. The van der Waals surface area contributed by atoms with E-state index in [1.807, 2.05) is 24.3 Å². The molecule has 0 amide bonds. The van der Waals surface area contributed by atoms with Crippen molar-refractivity contribution in [3.63, 3.8) is 0 Å². The highest BCUT2D eigenvalue weighted by Crippen LogP contribution is 2.22. The van der Waals surface area contributed by atoms with Gasteiger partial charge in [0.05, 0.1) is 6.20 Å². The van der Waals surface area contributed by atoms with E-state index in [0.29, 0.717) is 28.6 Å². The van der Waals surface area contributed by atoms with Gasteiger partial charge in [0.15, 0.2) is 0 Å². The van der Waals surface area contributed by atoms with Crippen LogP contribution in [0.4, 0.5) is 11.6 Å². The monoisotopic (exact) mass is 512 g/mol. The molecule has 1 aliphatic rings. The van der Waals surface area contributed by atoms with Gasteiger partial charge < -0.3 is 20.1 Å². The minimum atomic E-state index is -0.559. The van der Waals surface area contributed by atoms with E-state index in [9.17, 15) is 9.90 Å². The summed E-state index contributed by atoms with van der Waals surface area (Å²) in [5.41, 5.74) is 1.88. The zero-order chi connectivity index (χ0) is 23.0. The van der Waals surface area contributed by atoms with Crippen molar-refractivity contribution in [1.82, 2.24) is 14.9 Å². The fraction of sp³-hybridized carbons (Fsp3) is 0.360. The number of H-pyrrole nitrogens is 1. The molecule has 4 rings (SSSR count). The van der Waals surface area contributed by atoms with Gasteiger partial charge in [-0.3, -0.25) is 9.78 Å². The Morgan fingerprint density at radius 2 is 1.97 bits per heavy atom. The highest BCUT2D eigenvalue weighted by Gasteiger charge is 2.21. The second-order valence-corrected chi connectivity index (χ2v) is 9.31. The van der Waals surface area contributed by atoms with Crippen molar-refractivity contribution in [3.8, 4) is 5.75 Å². The van der Waals surface area contributed by atoms with Crippen molar-refractivity contribution >= 4 is 27.6 Å². The van der Waals surface area contributed by atoms with Crippen LogP contribution < -0.4 is 15.6 Å². The van der Waals surface area contributed by atoms with Crippen LogP contribution in [0, 0.1) is 5.92 Å². The van der Waals surface area contributed by atoms with Crippen LogP contribution in [0.15, 0.2) is 70.1 Å². The summed E-state index contributed by atoms with van der Waals surface area (Å²) < 4.78 is 6.19. The molecule has 33 heavy (non-hydrogen) atoms. The average Bonchev–Trinajstić information content (AvgIpc) is 2.82. The van der Waals surface area contributed by atoms with Crippen LogP contribution in [-0.4, -0.2) is 52.3 Å². The van der Waals surface area contributed by atoms with Gasteiger partial charge in [0.2, 0.25) is 5.95 Å². The molecule has 3 N–H and O–H groups in total. The van der Waals surface area contributed by atoms with E-state index < -0.39 is 6.10 Å². The number of halogens is 1. The second kappa shape index (κ2) is 11.4. The van der Waals surface area contributed by atoms with Crippen LogP contribution in [0.3, 0.4) is 0 Å². The Hall–Kier alpha value is -2.68. The van der Waals surface area contributed by atoms with Crippen LogP contribution in [0.1, 0.15) is 18.4 Å². The lowest BCUT2D eigenvalue weighted by molar-refractivity contribution is 0.0551. The molecular formula is C25H29BrN4O3. The number of nitrogens with zero attached hydrogens (tertiary/aromatic N) is 2. The molecule has 1 fully saturated rings. The fourth-order valence-corrected chi connectivity index (χ4v) is 4.31. The first kappa shape index (κ1) is 23.5. The minimum Gasteiger partial charge on any atom is -0.491 e. The molecule has 174 valence electrons. The third kappa shape index (κ3) is 7.15. The predicted octanol–water partition coefficient (Wildman–Crippen LogP) is 3.97. The Kier molecular flexibility index (Phi) is 8.15. The molecule has 2 aromatic carbocycles. The Morgan fingerprint density at radius 3 is 2.73 bits per heavy atom. The number of rotatable bonds is 9. The van der Waals surface area contributed by atoms with Crippen molar-refractivity contribution in [2.24, 2.45) is 5.92 Å². The second-order valence-electron chi connectivity index (χ2n) is 8.46. The Balaban J connectivity index is 1.21. The lowest BCUT2D eigenvalue weighted by atomic mass is 9.90. The third-order valence-corrected chi connectivity index (χ3v) is 6.40. The van der Waals surface area contributed by atoms with Gasteiger partial charge in [-0.1, -0.05) is 36.4 Å². The van der Waals surface area contributed by atoms with E-state index in [0.717, 1.165) is 38.0 Å². The number of aliphatic hydroxyl groups is 1. The number of piperidine rings is 1. The standard InChI is InChI=1S/C25H29BrN4O3/c26-23-15-27-25(29-24(23)32)28-20-7-4-8-22(14-20)33-17-21(31)16-30-11-9-19(10-12-30)13-18-5-2-1-3-6-18/h1-8,14-15,19,21,31H,9-13,16-17H2,(H2,27,28,29,32)/t21-/m0/s1. The summed E-state index contributed by atoms with van der Waals surface area (Å²) in [5, 5.41) is 13.5. The van der Waals surface area contributed by atoms with Gasteiger partial charge in [-0.05, 0) is 71.9 Å². The topological polar surface area (TPSA) is 90.5 Å². The molecule has 0 radical (unpaired) electrons. The maximum absolute atomic E-state index is 11.7. The van der Waals surface area contributed by atoms with Gasteiger partial charge in [0.25, 0.3) is 5.56 Å². The number of benzene rings is 2. The lowest BCUT2D eigenvalue weighted by Crippen LogP contribution is -2.41. The van der Waals surface area contributed by atoms with Gasteiger partial charge in [0.1, 0.15) is 22.9 Å². The number of likely N-dealkylation sites (tertiary alicyclic amines) is 1. The molecule has 7 nitrogen and oxygen atoms in total. The van der Waals surface area contributed by atoms with Gasteiger partial charge in [-0.15, -0.1) is 0 Å². The minimum absolute atomic E-state index is 0.223. The molecule has 0 bridgehead atoms. The number of nitrogens with one attached hydrogen (secondary N) is 2. The highest BCUT2D eigenvalue weighted by molar-refractivity contribution is 9.10. The number of hydrogen-bond acceptors (Lipinski definition) is 6. The van der Waals surface area contributed by atoms with Gasteiger partial charge in [-0.2, -0.15) is 0 Å². The number of aliphatic hydroxyl groups excluding tert-OH is 1. The Bertz CT molecular complexity index is 1080. The van der Waals surface area contributed by atoms with Crippen molar-refractivity contribution in [3.05, 3.63) is 81.2 Å². The summed E-state index contributed by atoms with van der Waals surface area (Å²) in [6.45, 7) is 2.85. The van der Waals surface area contributed by atoms with Crippen LogP contribution in [0.25, 0.3) is 0 Å². The number of anilines is 2. The first-order chi connectivity index (χ1) is 16.0. The molecule has 8 heteroatoms. The van der Waals surface area contributed by atoms with Gasteiger partial charge in [-0.25, -0.2) is 4.98 Å². The van der Waals surface area contributed by atoms with Crippen molar-refractivity contribution in [1.29, 1.82) is 0 Å². The number of hydrogen-bond donors (Lipinski definition) is 3. The SMILES string of the molecule is O=c1[nH]c(Nc2cccc(OC[C@@H](O)CN3CCC(Cc4ccccc4)CC3)c2)ncc1Br. The molecular weight excluding hydrogens is 484 g/mol. The van der Waals surface area contributed by atoms with E-state index in [4.69, 9.17) is 4.74 Å². The summed E-state index contributed by atoms with van der Waals surface area (Å²) >= 11 is 3.13. The molecule has 0 spiro atoms. The fourth-order valence-electron chi connectivity index (χ4n) is 4.11. The van der Waals surface area contributed by atoms with Gasteiger partial charge >= 0.3 is 0 Å². The van der Waals surface area contributed by atoms with Crippen molar-refractivity contribution < 1.29 is 9.84 Å². The molecule has 2 heterocycles. The zero-order valence-electron chi connectivity index (χ0n) is 18.4. The van der Waals surface area contributed by atoms with Crippen LogP contribution in [0.5, 0.6) is 5.75 Å². The molecule has 0 aliphatic carbocycles. The van der Waals surface area contributed by atoms with Crippen LogP contribution in [-0.2, 0) is 6.42 Å². The van der Waals surface area contributed by atoms with Gasteiger partial charge in [0, 0.05) is 18.3 Å². The summed E-state index contributed by atoms with van der Waals surface area (Å²) in [7, 11) is 0. The molecule has 1 aliphatic heterocycles. The van der Waals surface area contributed by atoms with Crippen LogP contribution >= 0.6 is 15.9 Å². The molecule has 3 aromatic rings. The van der Waals surface area contributed by atoms with Crippen LogP contribution in [0.2, 0.25) is 0 Å². The van der Waals surface area contributed by atoms with E-state index in [1.54, 1.807) is 0 Å². The number of aromatic amines is 1. The Morgan fingerprint density at radius 1 is 1.18 bits per heavy atom. The first-order valence-electron chi connectivity index (χ1n) is 11.2. The summed E-state index contributed by atoms with van der Waals surface area (Å²) in [6, 6.07) is 18.0. The Labute approximate surface area is 202 Å². The highest BCUT2D eigenvalue weighted by atomic mass is 79.9. The smallest absolute Gasteiger partial charge is 0.266 e. The average molecular weight is 513 g/mol. The molecule has 1 atom stereocenters. The van der Waals surface area contributed by atoms with E-state index in [2.05, 4.69) is 66.4 Å². The molecule has 0 unspecified atom stereocenters. The molecule has 1 saturated heterocycles. The van der Waals surface area contributed by atoms with E-state index in [-0.39, 0.29) is 12.2 Å². The largest absolute Gasteiger partial charge is 0.491 e. The molecule has 0 saturated carbocycles. The van der Waals surface area contributed by atoms with Crippen molar-refractivity contribution in [2.75, 3.05) is 31.6 Å². The van der Waals surface area contributed by atoms with Crippen molar-refractivity contribution in [2.45, 2.75) is 25.4 Å². The number of aromatic nitrogens is 2. The summed E-state index contributed by atoms with van der Waals surface area (Å²) in [4.78, 5) is 20.8. The maximum Gasteiger partial charge on any atom is 0.266 e. The predicted molar refractivity (Wildman–Crippen MR) is 133 cm³/mol. The summed E-state index contributed by atoms with van der Waals surface area (Å²) in [6.07, 6.45) is 4.33. The third-order valence-electron chi connectivity index (χ3n) is 5.84. The lowest BCUT2D eigenvalue weighted by Gasteiger charge is -2.33. The molecule has 1 aromatic heterocycles. The quantitative estimate of drug-likeness (QED) is 0.401. The van der Waals surface area contributed by atoms with E-state index >= 15 is 0 Å². The number of β-amino-alcohol motifs (C(OH)–C–C–N with tert-alkyl or cyclic N) is 1.